The fourth-order valence-corrected chi connectivity index (χ4v) is 4.15. The molecule has 1 saturated heterocycles. The van der Waals surface area contributed by atoms with Gasteiger partial charge in [-0.05, 0) is 30.0 Å². The quantitative estimate of drug-likeness (QED) is 0.713. The van der Waals surface area contributed by atoms with Crippen molar-refractivity contribution in [3.63, 3.8) is 0 Å². The summed E-state index contributed by atoms with van der Waals surface area (Å²) in [6.45, 7) is 7.92. The normalized spacial score (nSPS) is 16.7. The fraction of sp³-hybridized carbons (Fsp3) is 0.476. The summed E-state index contributed by atoms with van der Waals surface area (Å²) in [7, 11) is -4.05. The Morgan fingerprint density at radius 1 is 1.22 bits per heavy atom. The number of primary sulfonamides is 1. The van der Waals surface area contributed by atoms with Crippen molar-refractivity contribution >= 4 is 27.4 Å². The lowest BCUT2D eigenvalue weighted by Gasteiger charge is -2.34. The minimum atomic E-state index is -4.05. The molecule has 11 heteroatoms. The fourth-order valence-electron chi connectivity index (χ4n) is 3.65. The number of amides is 1. The number of carbonyl (C=O) groups excluding carboxylic acids is 1. The Morgan fingerprint density at radius 2 is 1.84 bits per heavy atom. The van der Waals surface area contributed by atoms with Crippen molar-refractivity contribution in [2.75, 3.05) is 23.3 Å². The van der Waals surface area contributed by atoms with E-state index in [0.29, 0.717) is 11.5 Å². The van der Waals surface area contributed by atoms with Crippen LogP contribution in [0.1, 0.15) is 55.2 Å². The van der Waals surface area contributed by atoms with Crippen molar-refractivity contribution in [3.05, 3.63) is 41.2 Å². The Kier molecular flexibility index (Phi) is 6.27. The zero-order chi connectivity index (χ0) is 23.9. The molecule has 3 heterocycles. The first kappa shape index (κ1) is 24.0. The van der Waals surface area contributed by atoms with E-state index in [-0.39, 0.29) is 47.6 Å². The smallest absolute Gasteiger partial charge is 0.259 e. The van der Waals surface area contributed by atoms with E-state index in [1.807, 2.05) is 27.7 Å². The SMILES string of the molecule is Cc1nc(N2CCC(F)(F)CC2)c(C(=O)Nc2ccnc(S(N)(=O)=O)c2)cc1C(C)(C)C. The molecule has 0 saturated carbocycles. The standard InChI is InChI=1S/C21H27F2N5O3S/c1-13-16(20(2,3)4)12-15(18(26-13)28-9-6-21(22,23)7-10-28)19(29)27-14-5-8-25-17(11-14)32(24,30)31/h5,8,11-12H,6-7,9-10H2,1-4H3,(H2,24,30,31)(H,25,27,29). The predicted molar refractivity (Wildman–Crippen MR) is 118 cm³/mol. The number of aromatic nitrogens is 2. The van der Waals surface area contributed by atoms with E-state index in [2.05, 4.69) is 15.3 Å². The number of pyridine rings is 2. The van der Waals surface area contributed by atoms with Crippen LogP contribution in [0.25, 0.3) is 0 Å². The van der Waals surface area contributed by atoms with Gasteiger partial charge in [-0.2, -0.15) is 0 Å². The number of hydrogen-bond donors (Lipinski definition) is 2. The molecule has 1 aliphatic heterocycles. The average Bonchev–Trinajstić information content (AvgIpc) is 2.66. The topological polar surface area (TPSA) is 118 Å². The van der Waals surface area contributed by atoms with E-state index in [4.69, 9.17) is 5.14 Å². The first-order valence-corrected chi connectivity index (χ1v) is 11.7. The third-order valence-electron chi connectivity index (χ3n) is 5.32. The van der Waals surface area contributed by atoms with Gasteiger partial charge in [-0.25, -0.2) is 32.3 Å². The number of alkyl halides is 2. The van der Waals surface area contributed by atoms with Crippen LogP contribution < -0.4 is 15.4 Å². The highest BCUT2D eigenvalue weighted by Gasteiger charge is 2.36. The molecule has 2 aromatic rings. The van der Waals surface area contributed by atoms with Gasteiger partial charge in [0.1, 0.15) is 5.82 Å². The van der Waals surface area contributed by atoms with Crippen molar-refractivity contribution in [2.24, 2.45) is 5.14 Å². The third kappa shape index (κ3) is 5.39. The Labute approximate surface area is 186 Å². The Bertz CT molecular complexity index is 1140. The predicted octanol–water partition coefficient (Wildman–Crippen LogP) is 3.22. The monoisotopic (exact) mass is 467 g/mol. The molecule has 0 unspecified atom stereocenters. The number of rotatable bonds is 4. The second kappa shape index (κ2) is 8.36. The van der Waals surface area contributed by atoms with Gasteiger partial charge in [-0.15, -0.1) is 0 Å². The van der Waals surface area contributed by atoms with Gasteiger partial charge in [0.25, 0.3) is 21.9 Å². The Balaban J connectivity index is 2.02. The lowest BCUT2D eigenvalue weighted by Crippen LogP contribution is -2.41. The van der Waals surface area contributed by atoms with Gasteiger partial charge in [0.2, 0.25) is 0 Å². The van der Waals surface area contributed by atoms with Crippen LogP contribution in [-0.2, 0) is 15.4 Å². The highest BCUT2D eigenvalue weighted by Crippen LogP contribution is 2.34. The summed E-state index contributed by atoms with van der Waals surface area (Å²) in [4.78, 5) is 23.2. The van der Waals surface area contributed by atoms with E-state index in [9.17, 15) is 22.0 Å². The number of aryl methyl sites for hydroxylation is 1. The molecule has 1 fully saturated rings. The van der Waals surface area contributed by atoms with E-state index in [1.165, 1.54) is 12.3 Å². The van der Waals surface area contributed by atoms with E-state index < -0.39 is 21.9 Å². The molecule has 3 N–H and O–H groups in total. The molecule has 0 spiro atoms. The van der Waals surface area contributed by atoms with E-state index >= 15 is 0 Å². The second-order valence-electron chi connectivity index (χ2n) is 8.97. The van der Waals surface area contributed by atoms with Crippen molar-refractivity contribution in [1.82, 2.24) is 9.97 Å². The summed E-state index contributed by atoms with van der Waals surface area (Å²) in [5.41, 5.74) is 1.65. The van der Waals surface area contributed by atoms with Crippen LogP contribution in [0.4, 0.5) is 20.3 Å². The van der Waals surface area contributed by atoms with Crippen LogP contribution >= 0.6 is 0 Å². The van der Waals surface area contributed by atoms with Crippen molar-refractivity contribution < 1.29 is 22.0 Å². The zero-order valence-corrected chi connectivity index (χ0v) is 19.3. The van der Waals surface area contributed by atoms with Crippen molar-refractivity contribution in [2.45, 2.75) is 56.9 Å². The average molecular weight is 468 g/mol. The lowest BCUT2D eigenvalue weighted by molar-refractivity contribution is -0.0221. The first-order valence-electron chi connectivity index (χ1n) is 10.1. The maximum absolute atomic E-state index is 13.7. The minimum Gasteiger partial charge on any atom is -0.355 e. The molecule has 0 bridgehead atoms. The maximum atomic E-state index is 13.7. The molecule has 174 valence electrons. The third-order valence-corrected chi connectivity index (χ3v) is 6.13. The Hall–Kier alpha value is -2.66. The molecule has 1 aliphatic rings. The van der Waals surface area contributed by atoms with Crippen molar-refractivity contribution in [1.29, 1.82) is 0 Å². The molecular formula is C21H27F2N5O3S. The molecule has 0 atom stereocenters. The number of nitrogens with zero attached hydrogens (tertiary/aromatic N) is 3. The zero-order valence-electron chi connectivity index (χ0n) is 18.4. The number of piperidine rings is 1. The molecule has 0 aromatic carbocycles. The molecule has 8 nitrogen and oxygen atoms in total. The van der Waals surface area contributed by atoms with Gasteiger partial charge >= 0.3 is 0 Å². The van der Waals surface area contributed by atoms with Crippen LogP contribution in [0.15, 0.2) is 29.4 Å². The number of anilines is 2. The Morgan fingerprint density at radius 3 is 2.41 bits per heavy atom. The van der Waals surface area contributed by atoms with Gasteiger partial charge in [0, 0.05) is 49.6 Å². The summed E-state index contributed by atoms with van der Waals surface area (Å²) in [6.07, 6.45) is 0.576. The van der Waals surface area contributed by atoms with Gasteiger partial charge in [-0.3, -0.25) is 4.79 Å². The summed E-state index contributed by atoms with van der Waals surface area (Å²) >= 11 is 0. The highest BCUT2D eigenvalue weighted by atomic mass is 32.2. The van der Waals surface area contributed by atoms with Gasteiger partial charge in [0.05, 0.1) is 5.56 Å². The minimum absolute atomic E-state index is 0.0689. The number of hydrogen-bond acceptors (Lipinski definition) is 6. The van der Waals surface area contributed by atoms with E-state index in [1.54, 1.807) is 11.0 Å². The highest BCUT2D eigenvalue weighted by molar-refractivity contribution is 7.89. The summed E-state index contributed by atoms with van der Waals surface area (Å²) < 4.78 is 50.5. The number of nitrogens with two attached hydrogens (primary N) is 1. The number of carbonyl (C=O) groups is 1. The molecule has 2 aromatic heterocycles. The molecule has 0 aliphatic carbocycles. The van der Waals surface area contributed by atoms with Gasteiger partial charge in [-0.1, -0.05) is 20.8 Å². The number of halogens is 2. The van der Waals surface area contributed by atoms with Gasteiger partial charge < -0.3 is 10.2 Å². The van der Waals surface area contributed by atoms with Crippen LogP contribution in [0, 0.1) is 6.92 Å². The molecule has 3 rings (SSSR count). The number of sulfonamides is 1. The molecular weight excluding hydrogens is 440 g/mol. The lowest BCUT2D eigenvalue weighted by atomic mass is 9.85. The number of nitrogens with one attached hydrogen (secondary N) is 1. The van der Waals surface area contributed by atoms with Crippen LogP contribution in [0.2, 0.25) is 0 Å². The summed E-state index contributed by atoms with van der Waals surface area (Å²) in [6, 6.07) is 4.31. The largest absolute Gasteiger partial charge is 0.355 e. The molecule has 0 radical (unpaired) electrons. The van der Waals surface area contributed by atoms with Crippen LogP contribution in [0.5, 0.6) is 0 Å². The summed E-state index contributed by atoms with van der Waals surface area (Å²) in [5.74, 6) is -2.95. The van der Waals surface area contributed by atoms with Crippen LogP contribution in [0.3, 0.4) is 0 Å². The van der Waals surface area contributed by atoms with Crippen molar-refractivity contribution in [3.8, 4) is 0 Å². The maximum Gasteiger partial charge on any atom is 0.259 e. The second-order valence-corrected chi connectivity index (χ2v) is 10.5. The van der Waals surface area contributed by atoms with Gasteiger partial charge in [0.15, 0.2) is 5.03 Å². The molecule has 1 amide bonds. The van der Waals surface area contributed by atoms with E-state index in [0.717, 1.165) is 11.6 Å². The van der Waals surface area contributed by atoms with Crippen LogP contribution in [-0.4, -0.2) is 43.3 Å². The summed E-state index contributed by atoms with van der Waals surface area (Å²) in [5, 5.41) is 7.38. The first-order chi connectivity index (χ1) is 14.7. The molecule has 32 heavy (non-hydrogen) atoms.